The molecule has 1 amide bonds. The van der Waals surface area contributed by atoms with E-state index >= 15 is 0 Å². The highest BCUT2D eigenvalue weighted by atomic mass is 16.5. The fraction of sp³-hybridized carbons (Fsp3) is 0.400. The average Bonchev–Trinajstić information content (AvgIpc) is 3.47. The summed E-state index contributed by atoms with van der Waals surface area (Å²) >= 11 is 0. The first-order valence-electron chi connectivity index (χ1n) is 11.0. The van der Waals surface area contributed by atoms with Crippen LogP contribution in [-0.2, 0) is 4.79 Å². The van der Waals surface area contributed by atoms with Gasteiger partial charge in [-0.1, -0.05) is 30.3 Å². The molecular weight excluding hydrogens is 390 g/mol. The molecule has 1 aromatic heterocycles. The van der Waals surface area contributed by atoms with Crippen molar-refractivity contribution >= 4 is 16.8 Å². The van der Waals surface area contributed by atoms with Crippen LogP contribution in [0.1, 0.15) is 36.3 Å². The van der Waals surface area contributed by atoms with Crippen molar-refractivity contribution in [2.75, 3.05) is 40.4 Å². The second-order valence-electron chi connectivity index (χ2n) is 8.03. The number of fused-ring (bicyclic) bond motifs is 1. The molecule has 164 valence electrons. The molecule has 0 saturated carbocycles. The maximum atomic E-state index is 13.0. The van der Waals surface area contributed by atoms with Gasteiger partial charge in [-0.25, -0.2) is 0 Å². The highest BCUT2D eigenvalue weighted by Gasteiger charge is 2.26. The van der Waals surface area contributed by atoms with Gasteiger partial charge in [0.15, 0.2) is 11.5 Å². The van der Waals surface area contributed by atoms with Crippen molar-refractivity contribution < 1.29 is 14.3 Å². The predicted molar refractivity (Wildman–Crippen MR) is 123 cm³/mol. The van der Waals surface area contributed by atoms with E-state index in [-0.39, 0.29) is 11.8 Å². The summed E-state index contributed by atoms with van der Waals surface area (Å²) in [6.45, 7) is 3.85. The molecule has 3 aromatic rings. The Labute approximate surface area is 183 Å². The van der Waals surface area contributed by atoms with Gasteiger partial charge in [0.25, 0.3) is 0 Å². The molecule has 2 aromatic carbocycles. The topological polar surface area (TPSA) is 66.6 Å². The lowest BCUT2D eigenvalue weighted by Gasteiger charge is -2.21. The smallest absolute Gasteiger partial charge is 0.220 e. The van der Waals surface area contributed by atoms with Gasteiger partial charge in [-0.2, -0.15) is 0 Å². The normalized spacial score (nSPS) is 15.2. The highest BCUT2D eigenvalue weighted by Crippen LogP contribution is 2.41. The number of methoxy groups -OCH3 is 2. The standard InChI is InChI=1S/C25H31N3O3/c1-30-23-11-7-9-19(25(23)31-2)20(21-17-27-22-10-4-3-8-18(21)22)16-24(29)26-12-15-28-13-5-6-14-28/h3-4,7-11,17,20,27H,5-6,12-16H2,1-2H3,(H,26,29). The number of aromatic nitrogens is 1. The van der Waals surface area contributed by atoms with Crippen molar-refractivity contribution in [3.63, 3.8) is 0 Å². The molecule has 2 N–H and O–H groups in total. The minimum Gasteiger partial charge on any atom is -0.493 e. The zero-order chi connectivity index (χ0) is 21.6. The molecular formula is C25H31N3O3. The third-order valence-electron chi connectivity index (χ3n) is 6.14. The van der Waals surface area contributed by atoms with Crippen LogP contribution in [0.15, 0.2) is 48.7 Å². The Kier molecular flexibility index (Phi) is 6.77. The summed E-state index contributed by atoms with van der Waals surface area (Å²) in [5, 5.41) is 4.24. The van der Waals surface area contributed by atoms with Gasteiger partial charge in [0.2, 0.25) is 5.91 Å². The number of likely N-dealkylation sites (tertiary alicyclic amines) is 1. The molecule has 31 heavy (non-hydrogen) atoms. The molecule has 0 radical (unpaired) electrons. The van der Waals surface area contributed by atoms with Crippen LogP contribution in [0.4, 0.5) is 0 Å². The first-order chi connectivity index (χ1) is 15.2. The number of aromatic amines is 1. The number of H-pyrrole nitrogens is 1. The first-order valence-corrected chi connectivity index (χ1v) is 11.0. The van der Waals surface area contributed by atoms with Crippen LogP contribution in [0.2, 0.25) is 0 Å². The molecule has 1 atom stereocenters. The zero-order valence-electron chi connectivity index (χ0n) is 18.3. The van der Waals surface area contributed by atoms with Gasteiger partial charge in [-0.3, -0.25) is 4.79 Å². The van der Waals surface area contributed by atoms with Crippen LogP contribution in [0.3, 0.4) is 0 Å². The Bertz CT molecular complexity index is 1020. The molecule has 0 bridgehead atoms. The van der Waals surface area contributed by atoms with Crippen LogP contribution in [-0.4, -0.2) is 56.2 Å². The van der Waals surface area contributed by atoms with E-state index in [1.54, 1.807) is 14.2 Å². The molecule has 6 nitrogen and oxygen atoms in total. The zero-order valence-corrected chi connectivity index (χ0v) is 18.3. The molecule has 1 aliphatic heterocycles. The summed E-state index contributed by atoms with van der Waals surface area (Å²) in [5.41, 5.74) is 3.08. The molecule has 1 aliphatic rings. The van der Waals surface area contributed by atoms with Crippen LogP contribution >= 0.6 is 0 Å². The van der Waals surface area contributed by atoms with Gasteiger partial charge >= 0.3 is 0 Å². The van der Waals surface area contributed by atoms with Crippen LogP contribution in [0.25, 0.3) is 10.9 Å². The van der Waals surface area contributed by atoms with Gasteiger partial charge in [-0.05, 0) is 43.6 Å². The highest BCUT2D eigenvalue weighted by molar-refractivity contribution is 5.86. The summed E-state index contributed by atoms with van der Waals surface area (Å²) in [5.74, 6) is 1.22. The molecule has 1 saturated heterocycles. The Morgan fingerprint density at radius 3 is 2.65 bits per heavy atom. The summed E-state index contributed by atoms with van der Waals surface area (Å²) in [6, 6.07) is 14.0. The number of nitrogens with zero attached hydrogens (tertiary/aromatic N) is 1. The largest absolute Gasteiger partial charge is 0.493 e. The summed E-state index contributed by atoms with van der Waals surface area (Å²) in [7, 11) is 3.27. The summed E-state index contributed by atoms with van der Waals surface area (Å²) < 4.78 is 11.2. The average molecular weight is 422 g/mol. The van der Waals surface area contributed by atoms with E-state index in [4.69, 9.17) is 9.47 Å². The Morgan fingerprint density at radius 2 is 1.87 bits per heavy atom. The number of carbonyl (C=O) groups is 1. The third kappa shape index (κ3) is 4.69. The number of hydrogen-bond acceptors (Lipinski definition) is 4. The van der Waals surface area contributed by atoms with E-state index in [1.807, 2.05) is 36.5 Å². The van der Waals surface area contributed by atoms with Crippen LogP contribution < -0.4 is 14.8 Å². The number of nitrogens with one attached hydrogen (secondary N) is 2. The fourth-order valence-electron chi connectivity index (χ4n) is 4.57. The minimum atomic E-state index is -0.159. The van der Waals surface area contributed by atoms with Crippen molar-refractivity contribution in [1.29, 1.82) is 0 Å². The van der Waals surface area contributed by atoms with Gasteiger partial charge in [0.1, 0.15) is 0 Å². The molecule has 1 unspecified atom stereocenters. The van der Waals surface area contributed by atoms with Crippen LogP contribution in [0.5, 0.6) is 11.5 Å². The Balaban J connectivity index is 1.61. The maximum absolute atomic E-state index is 13.0. The number of ether oxygens (including phenoxy) is 2. The molecule has 6 heteroatoms. The lowest BCUT2D eigenvalue weighted by molar-refractivity contribution is -0.121. The molecule has 4 rings (SSSR count). The second-order valence-corrected chi connectivity index (χ2v) is 8.03. The number of carbonyl (C=O) groups excluding carboxylic acids is 1. The number of benzene rings is 2. The number of para-hydroxylation sites is 2. The lowest BCUT2D eigenvalue weighted by atomic mass is 9.87. The van der Waals surface area contributed by atoms with Crippen molar-refractivity contribution in [2.45, 2.75) is 25.2 Å². The van der Waals surface area contributed by atoms with Gasteiger partial charge < -0.3 is 24.7 Å². The van der Waals surface area contributed by atoms with Gasteiger partial charge in [0.05, 0.1) is 14.2 Å². The number of hydrogen-bond donors (Lipinski definition) is 2. The van der Waals surface area contributed by atoms with Crippen molar-refractivity contribution in [1.82, 2.24) is 15.2 Å². The Morgan fingerprint density at radius 1 is 1.06 bits per heavy atom. The lowest BCUT2D eigenvalue weighted by Crippen LogP contribution is -2.34. The van der Waals surface area contributed by atoms with E-state index in [9.17, 15) is 4.79 Å². The Hall–Kier alpha value is -2.99. The molecule has 0 spiro atoms. The molecule has 0 aliphatic carbocycles. The second kappa shape index (κ2) is 9.88. The maximum Gasteiger partial charge on any atom is 0.220 e. The van der Waals surface area contributed by atoms with Gasteiger partial charge in [0, 0.05) is 48.1 Å². The van der Waals surface area contributed by atoms with E-state index in [0.29, 0.717) is 24.5 Å². The summed E-state index contributed by atoms with van der Waals surface area (Å²) in [6.07, 6.45) is 4.86. The first kappa shape index (κ1) is 21.2. The number of amides is 1. The van der Waals surface area contributed by atoms with Crippen LogP contribution in [0, 0.1) is 0 Å². The molecule has 1 fully saturated rings. The predicted octanol–water partition coefficient (Wildman–Crippen LogP) is 3.92. The summed E-state index contributed by atoms with van der Waals surface area (Å²) in [4.78, 5) is 18.7. The van der Waals surface area contributed by atoms with Crippen molar-refractivity contribution in [3.05, 3.63) is 59.8 Å². The van der Waals surface area contributed by atoms with Crippen molar-refractivity contribution in [3.8, 4) is 11.5 Å². The van der Waals surface area contributed by atoms with Crippen molar-refractivity contribution in [2.24, 2.45) is 0 Å². The van der Waals surface area contributed by atoms with Gasteiger partial charge in [-0.15, -0.1) is 0 Å². The SMILES string of the molecule is COc1cccc(C(CC(=O)NCCN2CCCC2)c2c[nH]c3ccccc23)c1OC. The monoisotopic (exact) mass is 421 g/mol. The number of rotatable bonds is 9. The third-order valence-corrected chi connectivity index (χ3v) is 6.14. The minimum absolute atomic E-state index is 0.0411. The fourth-order valence-corrected chi connectivity index (χ4v) is 4.57. The van der Waals surface area contributed by atoms with E-state index in [0.717, 1.165) is 41.7 Å². The van der Waals surface area contributed by atoms with E-state index in [2.05, 4.69) is 27.3 Å². The quantitative estimate of drug-likeness (QED) is 0.550. The van der Waals surface area contributed by atoms with E-state index in [1.165, 1.54) is 12.8 Å². The van der Waals surface area contributed by atoms with E-state index < -0.39 is 0 Å². The molecule has 2 heterocycles.